The van der Waals surface area contributed by atoms with Gasteiger partial charge in [-0.3, -0.25) is 9.48 Å². The fourth-order valence-corrected chi connectivity index (χ4v) is 4.39. The molecule has 1 amide bonds. The molecule has 2 heterocycles. The molecule has 0 saturated heterocycles. The lowest BCUT2D eigenvalue weighted by molar-refractivity contribution is -0.127. The summed E-state index contributed by atoms with van der Waals surface area (Å²) in [5.41, 5.74) is 10.7. The number of carbonyl (C=O) groups is 1. The predicted octanol–water partition coefficient (Wildman–Crippen LogP) is 4.64. The number of fused-ring (bicyclic) bond motifs is 3. The van der Waals surface area contributed by atoms with E-state index in [4.69, 9.17) is 15.2 Å². The first-order chi connectivity index (χ1) is 16.7. The van der Waals surface area contributed by atoms with E-state index < -0.39 is 6.29 Å². The Kier molecular flexibility index (Phi) is 8.24. The van der Waals surface area contributed by atoms with Gasteiger partial charge in [0.1, 0.15) is 0 Å². The Hall–Kier alpha value is -3.30. The normalized spacial score (nSPS) is 14.3. The molecule has 1 unspecified atom stereocenters. The molecule has 3 aromatic rings. The number of hydrogen-bond acceptors (Lipinski definition) is 7. The molecule has 1 aliphatic carbocycles. The number of aryl methyl sites for hydroxylation is 1. The zero-order valence-electron chi connectivity index (χ0n) is 21.7. The highest BCUT2D eigenvalue weighted by atomic mass is 16.7. The summed E-state index contributed by atoms with van der Waals surface area (Å²) in [6.45, 7) is 10.8. The minimum absolute atomic E-state index is 0.196. The maximum absolute atomic E-state index is 13.4. The first-order valence-corrected chi connectivity index (χ1v) is 12.0. The number of carbonyl (C=O) groups excluding carboxylic acids is 1. The molecule has 188 valence electrons. The minimum Gasteiger partial charge on any atom is -0.368 e. The molecule has 0 spiro atoms. The van der Waals surface area contributed by atoms with Crippen LogP contribution in [-0.4, -0.2) is 39.4 Å². The minimum atomic E-state index is -0.495. The summed E-state index contributed by atoms with van der Waals surface area (Å²) in [6.07, 6.45) is 2.83. The number of benzene rings is 1. The van der Waals surface area contributed by atoms with E-state index in [1.165, 1.54) is 0 Å². The summed E-state index contributed by atoms with van der Waals surface area (Å²) in [5.74, 6) is -0.0904. The van der Waals surface area contributed by atoms with Gasteiger partial charge >= 0.3 is 0 Å². The average molecular weight is 481 g/mol. The van der Waals surface area contributed by atoms with Gasteiger partial charge in [0.25, 0.3) is 5.91 Å². The van der Waals surface area contributed by atoms with Crippen LogP contribution in [0.15, 0.2) is 30.5 Å². The summed E-state index contributed by atoms with van der Waals surface area (Å²) in [4.78, 5) is 22.0. The highest BCUT2D eigenvalue weighted by Crippen LogP contribution is 2.43. The number of rotatable bonds is 7. The number of aromatic nitrogens is 4. The lowest BCUT2D eigenvalue weighted by Crippen LogP contribution is -2.29. The van der Waals surface area contributed by atoms with Gasteiger partial charge in [-0.25, -0.2) is 9.97 Å². The van der Waals surface area contributed by atoms with Crippen LogP contribution >= 0.6 is 0 Å². The topological polar surface area (TPSA) is 117 Å². The molecular formula is C26H36N6O3. The van der Waals surface area contributed by atoms with Crippen molar-refractivity contribution in [2.24, 2.45) is 7.05 Å². The molecule has 4 rings (SSSR count). The van der Waals surface area contributed by atoms with Gasteiger partial charge in [-0.15, -0.1) is 0 Å². The van der Waals surface area contributed by atoms with Crippen molar-refractivity contribution in [2.45, 2.75) is 59.2 Å². The second-order valence-corrected chi connectivity index (χ2v) is 8.88. The van der Waals surface area contributed by atoms with Crippen LogP contribution in [0.4, 0.5) is 11.6 Å². The summed E-state index contributed by atoms with van der Waals surface area (Å²) < 4.78 is 12.9. The van der Waals surface area contributed by atoms with Crippen LogP contribution in [0.3, 0.4) is 0 Å². The number of amides is 1. The molecule has 35 heavy (non-hydrogen) atoms. The van der Waals surface area contributed by atoms with Gasteiger partial charge in [-0.1, -0.05) is 46.8 Å². The molecule has 0 aliphatic heterocycles. The van der Waals surface area contributed by atoms with E-state index in [-0.39, 0.29) is 17.3 Å². The lowest BCUT2D eigenvalue weighted by atomic mass is 9.73. The Morgan fingerprint density at radius 1 is 1.31 bits per heavy atom. The zero-order valence-corrected chi connectivity index (χ0v) is 21.7. The van der Waals surface area contributed by atoms with Gasteiger partial charge in [0.15, 0.2) is 12.0 Å². The van der Waals surface area contributed by atoms with Gasteiger partial charge in [0.2, 0.25) is 5.95 Å². The van der Waals surface area contributed by atoms with Gasteiger partial charge in [-0.05, 0) is 36.0 Å². The van der Waals surface area contributed by atoms with Crippen molar-refractivity contribution in [1.82, 2.24) is 19.7 Å². The monoisotopic (exact) mass is 480 g/mol. The molecule has 0 fully saturated rings. The number of ether oxygens (including phenoxy) is 2. The van der Waals surface area contributed by atoms with Crippen LogP contribution in [0, 0.1) is 0 Å². The Morgan fingerprint density at radius 2 is 2.06 bits per heavy atom. The molecule has 1 aromatic carbocycles. The van der Waals surface area contributed by atoms with E-state index in [0.29, 0.717) is 24.4 Å². The zero-order chi connectivity index (χ0) is 25.8. The maximum Gasteiger partial charge on any atom is 0.276 e. The lowest BCUT2D eigenvalue weighted by Gasteiger charge is -2.31. The van der Waals surface area contributed by atoms with Crippen LogP contribution in [0.2, 0.25) is 0 Å². The number of nitrogen functional groups attached to an aromatic ring is 1. The van der Waals surface area contributed by atoms with Crippen molar-refractivity contribution < 1.29 is 14.3 Å². The van der Waals surface area contributed by atoms with Gasteiger partial charge in [0, 0.05) is 43.8 Å². The van der Waals surface area contributed by atoms with Crippen molar-refractivity contribution in [1.29, 1.82) is 0 Å². The molecule has 1 aliphatic rings. The van der Waals surface area contributed by atoms with Crippen LogP contribution in [0.25, 0.3) is 11.4 Å². The highest BCUT2D eigenvalue weighted by molar-refractivity contribution is 6.05. The SMILES string of the molecule is CC.CCCOC(OC)c1cccc(NC(=O)c2nn(C)c3c2C(C)(C)Cc2cnc(N)nc2-3)c1. The molecule has 0 radical (unpaired) electrons. The van der Waals surface area contributed by atoms with Gasteiger partial charge in [-0.2, -0.15) is 5.10 Å². The second-order valence-electron chi connectivity index (χ2n) is 8.88. The number of nitrogens with two attached hydrogens (primary N) is 1. The second kappa shape index (κ2) is 11.0. The van der Waals surface area contributed by atoms with E-state index in [0.717, 1.165) is 34.5 Å². The third-order valence-corrected chi connectivity index (χ3v) is 5.78. The summed E-state index contributed by atoms with van der Waals surface area (Å²) in [7, 11) is 3.41. The van der Waals surface area contributed by atoms with Crippen LogP contribution < -0.4 is 11.1 Å². The summed E-state index contributed by atoms with van der Waals surface area (Å²) in [6, 6.07) is 7.45. The molecule has 1 atom stereocenters. The molecule has 0 saturated carbocycles. The summed E-state index contributed by atoms with van der Waals surface area (Å²) >= 11 is 0. The smallest absolute Gasteiger partial charge is 0.276 e. The Morgan fingerprint density at radius 3 is 2.74 bits per heavy atom. The fraction of sp³-hybridized carbons (Fsp3) is 0.462. The average Bonchev–Trinajstić information content (AvgIpc) is 3.20. The largest absolute Gasteiger partial charge is 0.368 e. The predicted molar refractivity (Wildman–Crippen MR) is 137 cm³/mol. The van der Waals surface area contributed by atoms with Crippen LogP contribution in [0.1, 0.15) is 74.5 Å². The van der Waals surface area contributed by atoms with Crippen molar-refractivity contribution >= 4 is 17.5 Å². The van der Waals surface area contributed by atoms with Crippen LogP contribution in [0.5, 0.6) is 0 Å². The molecule has 9 nitrogen and oxygen atoms in total. The molecule has 9 heteroatoms. The quantitative estimate of drug-likeness (QED) is 0.473. The first kappa shape index (κ1) is 26.3. The molecular weight excluding hydrogens is 444 g/mol. The van der Waals surface area contributed by atoms with E-state index in [1.54, 1.807) is 18.0 Å². The maximum atomic E-state index is 13.4. The highest BCUT2D eigenvalue weighted by Gasteiger charge is 2.39. The number of nitrogens with zero attached hydrogens (tertiary/aromatic N) is 4. The Labute approximate surface area is 207 Å². The fourth-order valence-electron chi connectivity index (χ4n) is 4.39. The summed E-state index contributed by atoms with van der Waals surface area (Å²) in [5, 5.41) is 7.57. The van der Waals surface area contributed by atoms with E-state index in [1.807, 2.05) is 52.1 Å². The van der Waals surface area contributed by atoms with Crippen molar-refractivity contribution in [3.63, 3.8) is 0 Å². The Balaban J connectivity index is 0.00000167. The van der Waals surface area contributed by atoms with Gasteiger partial charge in [0.05, 0.1) is 11.4 Å². The van der Waals surface area contributed by atoms with Crippen molar-refractivity contribution in [3.8, 4) is 11.4 Å². The third-order valence-electron chi connectivity index (χ3n) is 5.78. The number of anilines is 2. The van der Waals surface area contributed by atoms with E-state index >= 15 is 0 Å². The van der Waals surface area contributed by atoms with Crippen molar-refractivity contribution in [2.75, 3.05) is 24.8 Å². The van der Waals surface area contributed by atoms with Crippen LogP contribution in [-0.2, 0) is 28.4 Å². The number of hydrogen-bond donors (Lipinski definition) is 2. The molecule has 2 aromatic heterocycles. The first-order valence-electron chi connectivity index (χ1n) is 12.0. The van der Waals surface area contributed by atoms with E-state index in [2.05, 4.69) is 34.2 Å². The standard InChI is InChI=1S/C24H30N6O3.C2H6/c1-6-10-33-22(32-5)14-8-7-9-16(11-14)27-21(31)19-17-20(30(4)29-19)18-15(12-24(17,2)3)13-26-23(25)28-18;1-2/h7-9,11,13,22H,6,10,12H2,1-5H3,(H,27,31)(H2,25,26,28);1-2H3. The number of methoxy groups -OCH3 is 1. The van der Waals surface area contributed by atoms with E-state index in [9.17, 15) is 4.79 Å². The molecule has 0 bridgehead atoms. The third kappa shape index (κ3) is 5.36. The Bertz CT molecular complexity index is 1190. The van der Waals surface area contributed by atoms with Crippen molar-refractivity contribution in [3.05, 3.63) is 52.8 Å². The molecule has 3 N–H and O–H groups in total. The van der Waals surface area contributed by atoms with Gasteiger partial charge < -0.3 is 20.5 Å². The number of nitrogens with one attached hydrogen (secondary N) is 1.